The van der Waals surface area contributed by atoms with E-state index in [0.29, 0.717) is 0 Å². The van der Waals surface area contributed by atoms with Crippen molar-refractivity contribution < 1.29 is 0 Å². The van der Waals surface area contributed by atoms with Crippen LogP contribution in [0.5, 0.6) is 0 Å². The van der Waals surface area contributed by atoms with E-state index in [0.717, 1.165) is 20.4 Å². The van der Waals surface area contributed by atoms with Gasteiger partial charge in [-0.15, -0.1) is 0 Å². The van der Waals surface area contributed by atoms with E-state index in [1.807, 2.05) is 0 Å². The Morgan fingerprint density at radius 2 is 2.21 bits per heavy atom. The van der Waals surface area contributed by atoms with E-state index >= 15 is 0 Å². The van der Waals surface area contributed by atoms with E-state index in [9.17, 15) is 0 Å². The van der Waals surface area contributed by atoms with Gasteiger partial charge in [-0.1, -0.05) is 0 Å². The predicted molar refractivity (Wildman–Crippen MR) is 65.1 cm³/mol. The van der Waals surface area contributed by atoms with Crippen LogP contribution in [0.1, 0.15) is 25.3 Å². The Hall–Kier alpha value is -0.461. The molecule has 1 aromatic carbocycles. The number of benzene rings is 1. The van der Waals surface area contributed by atoms with Crippen molar-refractivity contribution >= 4 is 20.6 Å². The van der Waals surface area contributed by atoms with Crippen LogP contribution in [0.4, 0.5) is 5.69 Å². The summed E-state index contributed by atoms with van der Waals surface area (Å²) < 4.78 is 0. The number of hydrogen-bond donors (Lipinski definition) is 1. The monoisotopic (exact) mass is 257 g/mol. The van der Waals surface area contributed by atoms with E-state index in [-0.39, 0.29) is 0 Å². The molecule has 0 unspecified atom stereocenters. The third-order valence-electron chi connectivity index (χ3n) is 2.04. The summed E-state index contributed by atoms with van der Waals surface area (Å²) in [5, 5.41) is 4.88. The van der Waals surface area contributed by atoms with Crippen LogP contribution in [0.25, 0.3) is 0 Å². The normalized spacial score (nSPS) is 10.1. The van der Waals surface area contributed by atoms with Crippen LogP contribution in [0.2, 0.25) is 5.32 Å². The summed E-state index contributed by atoms with van der Waals surface area (Å²) >= 11 is 0.764. The molecule has 0 saturated carbocycles. The van der Waals surface area contributed by atoms with E-state index in [4.69, 9.17) is 0 Å². The first kappa shape index (κ1) is 11.6. The van der Waals surface area contributed by atoms with Crippen LogP contribution >= 0.6 is 0 Å². The van der Waals surface area contributed by atoms with Gasteiger partial charge in [0, 0.05) is 0 Å². The molecule has 78 valence electrons. The summed E-state index contributed by atoms with van der Waals surface area (Å²) in [6.45, 7) is 4.39. The van der Waals surface area contributed by atoms with Gasteiger partial charge in [-0.2, -0.15) is 0 Å². The molecule has 1 aromatic rings. The topological polar surface area (TPSA) is 12.0 Å². The number of unbranched alkanes of at least 4 members (excludes halogenated alkanes) is 1. The van der Waals surface area contributed by atoms with Crippen molar-refractivity contribution in [2.45, 2.75) is 32.0 Å². The fourth-order valence-corrected chi connectivity index (χ4v) is 3.11. The Bertz CT molecular complexity index is 260. The van der Waals surface area contributed by atoms with E-state index in [1.165, 1.54) is 29.4 Å². The Kier molecular flexibility index (Phi) is 5.74. The summed E-state index contributed by atoms with van der Waals surface area (Å²) in [6, 6.07) is 8.59. The van der Waals surface area contributed by atoms with Crippen molar-refractivity contribution in [1.82, 2.24) is 0 Å². The molecule has 0 atom stereocenters. The molecule has 1 rings (SSSR count). The first-order valence-corrected chi connectivity index (χ1v) is 7.63. The Balaban J connectivity index is 2.18. The third-order valence-corrected chi connectivity index (χ3v) is 3.98. The number of rotatable bonds is 6. The zero-order valence-electron chi connectivity index (χ0n) is 9.05. The number of aryl methyl sites for hydroxylation is 1. The van der Waals surface area contributed by atoms with Crippen molar-refractivity contribution in [3.05, 3.63) is 29.8 Å². The van der Waals surface area contributed by atoms with Gasteiger partial charge in [-0.25, -0.2) is 0 Å². The molecule has 0 heterocycles. The molecule has 0 fully saturated rings. The van der Waals surface area contributed by atoms with Crippen molar-refractivity contribution in [1.29, 1.82) is 0 Å². The summed E-state index contributed by atoms with van der Waals surface area (Å²) in [5.74, 6) is 0. The number of anilines is 1. The van der Waals surface area contributed by atoms with Crippen LogP contribution in [-0.2, 0) is 0 Å². The minimum atomic E-state index is 0.764. The molecule has 0 aliphatic heterocycles. The minimum absolute atomic E-state index is 0.764. The van der Waals surface area contributed by atoms with Crippen LogP contribution in [-0.4, -0.2) is 20.4 Å². The van der Waals surface area contributed by atoms with Gasteiger partial charge >= 0.3 is 93.2 Å². The average Bonchev–Trinajstić information content (AvgIpc) is 2.18. The Morgan fingerprint density at radius 1 is 1.36 bits per heavy atom. The number of nitrogens with one attached hydrogen (secondary N) is 1. The van der Waals surface area contributed by atoms with Crippen LogP contribution in [0.3, 0.4) is 0 Å². The van der Waals surface area contributed by atoms with Gasteiger partial charge in [-0.05, 0) is 0 Å². The van der Waals surface area contributed by atoms with E-state index < -0.39 is 0 Å². The summed E-state index contributed by atoms with van der Waals surface area (Å²) in [5.41, 5.74) is 3.76. The molecular formula is C12H19NSe. The first-order valence-electron chi connectivity index (χ1n) is 5.21. The van der Waals surface area contributed by atoms with Gasteiger partial charge < -0.3 is 0 Å². The van der Waals surface area contributed by atoms with Crippen molar-refractivity contribution in [2.24, 2.45) is 0 Å². The molecule has 0 bridgehead atoms. The predicted octanol–water partition coefficient (Wildman–Crippen LogP) is 3.29. The molecule has 0 aliphatic rings. The van der Waals surface area contributed by atoms with Gasteiger partial charge in [0.05, 0.1) is 0 Å². The zero-order chi connectivity index (χ0) is 10.2. The molecule has 0 aliphatic carbocycles. The standard InChI is InChI=1S/C12H19NSe/c1-3-4-8-14-10-13-12-7-5-6-11(2)9-12/h5-7,9,13H,3-4,8,10H2,1-2H3. The van der Waals surface area contributed by atoms with E-state index in [1.54, 1.807) is 0 Å². The molecule has 0 spiro atoms. The Labute approximate surface area is 93.5 Å². The van der Waals surface area contributed by atoms with Gasteiger partial charge in [0.2, 0.25) is 0 Å². The first-order chi connectivity index (χ1) is 6.83. The van der Waals surface area contributed by atoms with Crippen molar-refractivity contribution in [3.8, 4) is 0 Å². The average molecular weight is 256 g/mol. The van der Waals surface area contributed by atoms with E-state index in [2.05, 4.69) is 43.4 Å². The molecule has 0 amide bonds. The summed E-state index contributed by atoms with van der Waals surface area (Å²) in [4.78, 5) is 0. The zero-order valence-corrected chi connectivity index (χ0v) is 10.8. The summed E-state index contributed by atoms with van der Waals surface area (Å²) in [7, 11) is 0. The van der Waals surface area contributed by atoms with Crippen molar-refractivity contribution in [3.63, 3.8) is 0 Å². The second-order valence-electron chi connectivity index (χ2n) is 3.45. The van der Waals surface area contributed by atoms with Gasteiger partial charge in [0.25, 0.3) is 0 Å². The fraction of sp³-hybridized carbons (Fsp3) is 0.500. The molecule has 14 heavy (non-hydrogen) atoms. The molecule has 1 nitrogen and oxygen atoms in total. The molecule has 0 radical (unpaired) electrons. The molecule has 0 aromatic heterocycles. The maximum atomic E-state index is 3.47. The SMILES string of the molecule is CCCC[Se]CNc1cccc(C)c1. The quantitative estimate of drug-likeness (QED) is 0.608. The van der Waals surface area contributed by atoms with Gasteiger partial charge in [0.1, 0.15) is 0 Å². The molecule has 0 saturated heterocycles. The maximum absolute atomic E-state index is 3.47. The Morgan fingerprint density at radius 3 is 2.93 bits per heavy atom. The molecule has 1 N–H and O–H groups in total. The molecule has 2 heteroatoms. The van der Waals surface area contributed by atoms with Gasteiger partial charge in [-0.3, -0.25) is 0 Å². The van der Waals surface area contributed by atoms with Crippen LogP contribution in [0, 0.1) is 6.92 Å². The fourth-order valence-electron chi connectivity index (χ4n) is 1.21. The second-order valence-corrected chi connectivity index (χ2v) is 5.77. The second kappa shape index (κ2) is 6.91. The van der Waals surface area contributed by atoms with Gasteiger partial charge in [0.15, 0.2) is 0 Å². The molecular weight excluding hydrogens is 237 g/mol. The number of hydrogen-bond acceptors (Lipinski definition) is 1. The van der Waals surface area contributed by atoms with Crippen LogP contribution < -0.4 is 5.32 Å². The van der Waals surface area contributed by atoms with Crippen LogP contribution in [0.15, 0.2) is 24.3 Å². The third kappa shape index (κ3) is 4.69. The van der Waals surface area contributed by atoms with Crippen molar-refractivity contribution in [2.75, 3.05) is 10.8 Å². The summed E-state index contributed by atoms with van der Waals surface area (Å²) in [6.07, 6.45) is 2.71.